The van der Waals surface area contributed by atoms with Gasteiger partial charge in [0.2, 0.25) is 5.91 Å². The highest BCUT2D eigenvalue weighted by atomic mass is 32.2. The molecule has 2 N–H and O–H groups in total. The Morgan fingerprint density at radius 3 is 2.69 bits per heavy atom. The van der Waals surface area contributed by atoms with Crippen LogP contribution in [-0.2, 0) is 14.6 Å². The average molecular weight is 434 g/mol. The fourth-order valence-electron chi connectivity index (χ4n) is 3.44. The van der Waals surface area contributed by atoms with Crippen molar-refractivity contribution >= 4 is 44.2 Å². The highest BCUT2D eigenvalue weighted by Crippen LogP contribution is 2.37. The van der Waals surface area contributed by atoms with Crippen molar-refractivity contribution in [2.24, 2.45) is 4.99 Å². The number of hydrogen-bond acceptors (Lipinski definition) is 7. The van der Waals surface area contributed by atoms with Gasteiger partial charge in [-0.25, -0.2) is 8.42 Å². The van der Waals surface area contributed by atoms with Gasteiger partial charge in [0.05, 0.1) is 17.5 Å². The van der Waals surface area contributed by atoms with Gasteiger partial charge in [-0.1, -0.05) is 17.8 Å². The summed E-state index contributed by atoms with van der Waals surface area (Å²) < 4.78 is 23.8. The number of aromatic amines is 1. The summed E-state index contributed by atoms with van der Waals surface area (Å²) in [4.78, 5) is 19.2. The molecule has 29 heavy (non-hydrogen) atoms. The lowest BCUT2D eigenvalue weighted by Crippen LogP contribution is -2.36. The molecule has 1 amide bonds. The van der Waals surface area contributed by atoms with E-state index in [1.165, 1.54) is 11.8 Å². The third kappa shape index (κ3) is 4.32. The van der Waals surface area contributed by atoms with E-state index in [4.69, 9.17) is 0 Å². The van der Waals surface area contributed by atoms with E-state index in [1.54, 1.807) is 6.07 Å². The maximum absolute atomic E-state index is 12.7. The van der Waals surface area contributed by atoms with Gasteiger partial charge in [-0.2, -0.15) is 5.10 Å². The number of amidine groups is 1. The minimum absolute atomic E-state index is 0.0619. The van der Waals surface area contributed by atoms with E-state index in [0.29, 0.717) is 11.0 Å². The molecular weight excluding hydrogens is 410 g/mol. The number of sulfone groups is 1. The Labute approximate surface area is 174 Å². The summed E-state index contributed by atoms with van der Waals surface area (Å²) in [5, 5.41) is 10.2. The number of rotatable bonds is 4. The van der Waals surface area contributed by atoms with Crippen LogP contribution >= 0.6 is 11.8 Å². The molecule has 3 heterocycles. The second-order valence-electron chi connectivity index (χ2n) is 7.55. The number of hydrogen-bond donors (Lipinski definition) is 2. The molecule has 0 bridgehead atoms. The van der Waals surface area contributed by atoms with Gasteiger partial charge >= 0.3 is 0 Å². The van der Waals surface area contributed by atoms with Crippen LogP contribution in [0.1, 0.15) is 16.8 Å². The van der Waals surface area contributed by atoms with Gasteiger partial charge in [-0.05, 0) is 44.0 Å². The molecule has 0 unspecified atom stereocenters. The van der Waals surface area contributed by atoms with Crippen LogP contribution in [-0.4, -0.2) is 59.0 Å². The number of aliphatic imine (C=N–C) groups is 1. The number of anilines is 2. The normalized spacial score (nSPS) is 22.2. The van der Waals surface area contributed by atoms with Crippen molar-refractivity contribution < 1.29 is 13.2 Å². The summed E-state index contributed by atoms with van der Waals surface area (Å²) in [7, 11) is -3.03. The number of thioether (sulfide) groups is 1. The zero-order valence-electron chi connectivity index (χ0n) is 16.5. The molecule has 8 nitrogen and oxygen atoms in total. The van der Waals surface area contributed by atoms with Crippen LogP contribution in [0.15, 0.2) is 29.3 Å². The smallest absolute Gasteiger partial charge is 0.245 e. The number of carbonyl (C=O) groups is 1. The standard InChI is InChI=1S/C19H23N5O3S2/c1-11-4-5-14(6-12(11)2)24(8-18(25)21-17-7-13(3)22-23-17)19-20-15-9-29(26,27)10-16(15)28-19/h4-7,15-16H,8-10H2,1-3H3,(H2,21,22,23,25)/t15-,16+/m0/s1. The Morgan fingerprint density at radius 1 is 1.24 bits per heavy atom. The van der Waals surface area contributed by atoms with Crippen molar-refractivity contribution in [1.29, 1.82) is 0 Å². The molecule has 0 radical (unpaired) electrons. The molecule has 10 heteroatoms. The minimum atomic E-state index is -3.03. The Balaban J connectivity index is 1.59. The summed E-state index contributed by atoms with van der Waals surface area (Å²) in [6, 6.07) is 7.51. The average Bonchev–Trinajstić information content (AvgIpc) is 3.27. The van der Waals surface area contributed by atoms with Gasteiger partial charge in [0.25, 0.3) is 0 Å². The Bertz CT molecular complexity index is 1090. The molecule has 0 spiro atoms. The van der Waals surface area contributed by atoms with E-state index in [9.17, 15) is 13.2 Å². The largest absolute Gasteiger partial charge is 0.312 e. The zero-order chi connectivity index (χ0) is 20.8. The lowest BCUT2D eigenvalue weighted by Gasteiger charge is -2.24. The third-order valence-corrected chi connectivity index (χ3v) is 8.36. The number of aryl methyl sites for hydroxylation is 3. The Hall–Kier alpha value is -2.33. The third-order valence-electron chi connectivity index (χ3n) is 5.11. The van der Waals surface area contributed by atoms with Crippen molar-refractivity contribution in [1.82, 2.24) is 10.2 Å². The van der Waals surface area contributed by atoms with Crippen LogP contribution in [0.5, 0.6) is 0 Å². The number of nitrogens with zero attached hydrogens (tertiary/aromatic N) is 3. The number of benzene rings is 1. The highest BCUT2D eigenvalue weighted by Gasteiger charge is 2.44. The predicted octanol–water partition coefficient (Wildman–Crippen LogP) is 2.05. The molecule has 2 atom stereocenters. The van der Waals surface area contributed by atoms with Gasteiger partial charge in [0.15, 0.2) is 20.8 Å². The molecule has 1 saturated heterocycles. The van der Waals surface area contributed by atoms with Crippen LogP contribution in [0.2, 0.25) is 0 Å². The second kappa shape index (κ2) is 7.49. The molecule has 1 fully saturated rings. The molecule has 1 aromatic carbocycles. The molecule has 154 valence electrons. The van der Waals surface area contributed by atoms with E-state index in [2.05, 4.69) is 20.5 Å². The van der Waals surface area contributed by atoms with Crippen LogP contribution in [0.4, 0.5) is 11.5 Å². The first kappa shape index (κ1) is 20.0. The number of aromatic nitrogens is 2. The summed E-state index contributed by atoms with van der Waals surface area (Å²) in [5.41, 5.74) is 3.99. The number of carbonyl (C=O) groups excluding carboxylic acids is 1. The fraction of sp³-hybridized carbons (Fsp3) is 0.421. The lowest BCUT2D eigenvalue weighted by molar-refractivity contribution is -0.114. The minimum Gasteiger partial charge on any atom is -0.312 e. The van der Waals surface area contributed by atoms with Crippen molar-refractivity contribution in [2.45, 2.75) is 32.1 Å². The summed E-state index contributed by atoms with van der Waals surface area (Å²) in [6.07, 6.45) is 0. The maximum atomic E-state index is 12.7. The van der Waals surface area contributed by atoms with Gasteiger partial charge in [0, 0.05) is 22.7 Å². The second-order valence-corrected chi connectivity index (χ2v) is 10.9. The van der Waals surface area contributed by atoms with Gasteiger partial charge in [-0.15, -0.1) is 0 Å². The maximum Gasteiger partial charge on any atom is 0.245 e. The van der Waals surface area contributed by atoms with E-state index in [0.717, 1.165) is 22.5 Å². The van der Waals surface area contributed by atoms with Crippen molar-refractivity contribution in [3.05, 3.63) is 41.1 Å². The first-order chi connectivity index (χ1) is 13.7. The van der Waals surface area contributed by atoms with Crippen molar-refractivity contribution in [2.75, 3.05) is 28.3 Å². The molecular formula is C19H23N5O3S2. The van der Waals surface area contributed by atoms with Crippen molar-refractivity contribution in [3.8, 4) is 0 Å². The Kier molecular flexibility index (Phi) is 5.16. The van der Waals surface area contributed by atoms with Crippen molar-refractivity contribution in [3.63, 3.8) is 0 Å². The van der Waals surface area contributed by atoms with Crippen LogP contribution in [0.25, 0.3) is 0 Å². The monoisotopic (exact) mass is 433 g/mol. The summed E-state index contributed by atoms with van der Waals surface area (Å²) in [6.45, 7) is 5.98. The van der Waals surface area contributed by atoms with Crippen LogP contribution in [0, 0.1) is 20.8 Å². The Morgan fingerprint density at radius 2 is 2.03 bits per heavy atom. The molecule has 0 saturated carbocycles. The number of amides is 1. The van der Waals surface area contributed by atoms with Gasteiger partial charge in [0.1, 0.15) is 6.54 Å². The number of nitrogens with one attached hydrogen (secondary N) is 2. The predicted molar refractivity (Wildman–Crippen MR) is 116 cm³/mol. The molecule has 2 aliphatic heterocycles. The fourth-order valence-corrected chi connectivity index (χ4v) is 7.22. The molecule has 2 aliphatic rings. The highest BCUT2D eigenvalue weighted by molar-refractivity contribution is 8.15. The zero-order valence-corrected chi connectivity index (χ0v) is 18.1. The lowest BCUT2D eigenvalue weighted by atomic mass is 10.1. The quantitative estimate of drug-likeness (QED) is 0.764. The first-order valence-electron chi connectivity index (χ1n) is 9.32. The summed E-state index contributed by atoms with van der Waals surface area (Å²) in [5.74, 6) is 0.460. The van der Waals surface area contributed by atoms with E-state index in [-0.39, 0.29) is 35.2 Å². The molecule has 0 aliphatic carbocycles. The first-order valence-corrected chi connectivity index (χ1v) is 12.0. The van der Waals surface area contributed by atoms with Gasteiger partial charge < -0.3 is 10.2 Å². The van der Waals surface area contributed by atoms with E-state index in [1.807, 2.05) is 43.9 Å². The molecule has 2 aromatic rings. The van der Waals surface area contributed by atoms with Gasteiger partial charge in [-0.3, -0.25) is 14.9 Å². The SMILES string of the molecule is Cc1cc(NC(=O)CN(C2=N[C@H]3CS(=O)(=O)C[C@H]3S2)c2ccc(C)c(C)c2)n[nH]1. The molecule has 4 rings (SSSR count). The molecule has 1 aromatic heterocycles. The topological polar surface area (TPSA) is 108 Å². The number of fused-ring (bicyclic) bond motifs is 1. The van der Waals surface area contributed by atoms with E-state index >= 15 is 0 Å². The van der Waals surface area contributed by atoms with Crippen LogP contribution < -0.4 is 10.2 Å². The van der Waals surface area contributed by atoms with Crippen LogP contribution in [0.3, 0.4) is 0 Å². The summed E-state index contributed by atoms with van der Waals surface area (Å²) >= 11 is 1.44. The number of H-pyrrole nitrogens is 1. The van der Waals surface area contributed by atoms with E-state index < -0.39 is 9.84 Å².